The maximum absolute atomic E-state index is 13.1. The van der Waals surface area contributed by atoms with Crippen LogP contribution in [0, 0.1) is 5.82 Å². The molecule has 2 N–H and O–H groups in total. The summed E-state index contributed by atoms with van der Waals surface area (Å²) in [6, 6.07) is 13.1. The molecule has 0 saturated heterocycles. The van der Waals surface area contributed by atoms with Crippen LogP contribution in [0.5, 0.6) is 0 Å². The SMILES string of the molecule is CC(=O)Nc1ccc(NC(=O)C2(c3ccc(F)cc3)CCC2)cc1. The topological polar surface area (TPSA) is 58.2 Å². The van der Waals surface area contributed by atoms with Gasteiger partial charge in [0.05, 0.1) is 5.41 Å². The molecule has 1 saturated carbocycles. The number of hydrogen-bond acceptors (Lipinski definition) is 2. The highest BCUT2D eigenvalue weighted by atomic mass is 19.1. The van der Waals surface area contributed by atoms with Crippen molar-refractivity contribution in [1.82, 2.24) is 0 Å². The van der Waals surface area contributed by atoms with Crippen LogP contribution in [0.2, 0.25) is 0 Å². The third kappa shape index (κ3) is 3.15. The molecule has 2 aromatic rings. The van der Waals surface area contributed by atoms with E-state index in [2.05, 4.69) is 10.6 Å². The van der Waals surface area contributed by atoms with Gasteiger partial charge in [-0.05, 0) is 54.8 Å². The Labute approximate surface area is 140 Å². The maximum Gasteiger partial charge on any atom is 0.235 e. The first-order valence-electron chi connectivity index (χ1n) is 7.95. The lowest BCUT2D eigenvalue weighted by atomic mass is 9.64. The molecular formula is C19H19FN2O2. The Morgan fingerprint density at radius 1 is 0.917 bits per heavy atom. The van der Waals surface area contributed by atoms with Crippen LogP contribution in [0.3, 0.4) is 0 Å². The molecule has 0 heterocycles. The largest absolute Gasteiger partial charge is 0.326 e. The number of hydrogen-bond donors (Lipinski definition) is 2. The molecule has 124 valence electrons. The summed E-state index contributed by atoms with van der Waals surface area (Å²) in [5, 5.41) is 5.61. The number of halogens is 1. The van der Waals surface area contributed by atoms with E-state index in [1.165, 1.54) is 19.1 Å². The molecular weight excluding hydrogens is 307 g/mol. The minimum atomic E-state index is -0.579. The van der Waals surface area contributed by atoms with E-state index in [1.54, 1.807) is 36.4 Å². The van der Waals surface area contributed by atoms with Crippen molar-refractivity contribution in [1.29, 1.82) is 0 Å². The zero-order valence-electron chi connectivity index (χ0n) is 13.4. The molecule has 0 atom stereocenters. The summed E-state index contributed by atoms with van der Waals surface area (Å²) in [7, 11) is 0. The second-order valence-corrected chi connectivity index (χ2v) is 6.16. The lowest BCUT2D eigenvalue weighted by Crippen LogP contribution is -2.46. The van der Waals surface area contributed by atoms with Crippen molar-refractivity contribution >= 4 is 23.2 Å². The van der Waals surface area contributed by atoms with E-state index in [0.717, 1.165) is 24.8 Å². The van der Waals surface area contributed by atoms with Crippen LogP contribution >= 0.6 is 0 Å². The molecule has 1 fully saturated rings. The molecule has 0 radical (unpaired) electrons. The van der Waals surface area contributed by atoms with Gasteiger partial charge in [-0.15, -0.1) is 0 Å². The van der Waals surface area contributed by atoms with Gasteiger partial charge in [-0.2, -0.15) is 0 Å². The van der Waals surface area contributed by atoms with Crippen LogP contribution in [0.4, 0.5) is 15.8 Å². The standard InChI is InChI=1S/C19H19FN2O2/c1-13(23)21-16-7-9-17(10-8-16)22-18(24)19(11-2-12-19)14-3-5-15(20)6-4-14/h3-10H,2,11-12H2,1H3,(H,21,23)(H,22,24). The van der Waals surface area contributed by atoms with Crippen molar-refractivity contribution in [2.75, 3.05) is 10.6 Å². The molecule has 2 aromatic carbocycles. The second kappa shape index (κ2) is 6.43. The van der Waals surface area contributed by atoms with Gasteiger partial charge in [-0.1, -0.05) is 18.6 Å². The first-order valence-corrected chi connectivity index (χ1v) is 7.95. The third-order valence-electron chi connectivity index (χ3n) is 4.50. The lowest BCUT2D eigenvalue weighted by molar-refractivity contribution is -0.124. The van der Waals surface area contributed by atoms with Crippen LogP contribution < -0.4 is 10.6 Å². The van der Waals surface area contributed by atoms with Crippen molar-refractivity contribution in [3.8, 4) is 0 Å². The quantitative estimate of drug-likeness (QED) is 0.897. The van der Waals surface area contributed by atoms with Gasteiger partial charge in [0.1, 0.15) is 5.82 Å². The van der Waals surface area contributed by atoms with E-state index in [1.807, 2.05) is 0 Å². The number of carbonyl (C=O) groups is 2. The van der Waals surface area contributed by atoms with Gasteiger partial charge in [0.2, 0.25) is 11.8 Å². The molecule has 5 heteroatoms. The number of rotatable bonds is 4. The fraction of sp³-hybridized carbons (Fsp3) is 0.263. The normalized spacial score (nSPS) is 15.2. The number of amides is 2. The van der Waals surface area contributed by atoms with Crippen molar-refractivity contribution in [2.24, 2.45) is 0 Å². The average molecular weight is 326 g/mol. The van der Waals surface area contributed by atoms with E-state index in [-0.39, 0.29) is 17.6 Å². The third-order valence-corrected chi connectivity index (χ3v) is 4.50. The summed E-state index contributed by atoms with van der Waals surface area (Å²) in [6.45, 7) is 1.44. The lowest BCUT2D eigenvalue weighted by Gasteiger charge is -2.40. The van der Waals surface area contributed by atoms with Crippen molar-refractivity contribution in [2.45, 2.75) is 31.6 Å². The van der Waals surface area contributed by atoms with Gasteiger partial charge in [0, 0.05) is 18.3 Å². The van der Waals surface area contributed by atoms with Crippen LogP contribution in [-0.2, 0) is 15.0 Å². The zero-order valence-corrected chi connectivity index (χ0v) is 13.4. The summed E-state index contributed by atoms with van der Waals surface area (Å²) >= 11 is 0. The van der Waals surface area contributed by atoms with Gasteiger partial charge >= 0.3 is 0 Å². The Bertz CT molecular complexity index is 750. The minimum absolute atomic E-state index is 0.0763. The van der Waals surface area contributed by atoms with E-state index in [4.69, 9.17) is 0 Å². The van der Waals surface area contributed by atoms with E-state index < -0.39 is 5.41 Å². The highest BCUT2D eigenvalue weighted by molar-refractivity contribution is 6.00. The molecule has 0 spiro atoms. The van der Waals surface area contributed by atoms with Crippen molar-refractivity contribution in [3.63, 3.8) is 0 Å². The molecule has 0 bridgehead atoms. The maximum atomic E-state index is 13.1. The predicted molar refractivity (Wildman–Crippen MR) is 91.3 cm³/mol. The molecule has 24 heavy (non-hydrogen) atoms. The van der Waals surface area contributed by atoms with E-state index in [9.17, 15) is 14.0 Å². The summed E-state index contributed by atoms with van der Waals surface area (Å²) in [4.78, 5) is 23.8. The summed E-state index contributed by atoms with van der Waals surface area (Å²) in [5.41, 5.74) is 1.62. The minimum Gasteiger partial charge on any atom is -0.326 e. The fourth-order valence-electron chi connectivity index (χ4n) is 3.04. The van der Waals surface area contributed by atoms with Gasteiger partial charge in [0.25, 0.3) is 0 Å². The first kappa shape index (κ1) is 16.2. The number of carbonyl (C=O) groups excluding carboxylic acids is 2. The number of anilines is 2. The molecule has 1 aliphatic carbocycles. The Balaban J connectivity index is 1.75. The highest BCUT2D eigenvalue weighted by Crippen LogP contribution is 2.44. The van der Waals surface area contributed by atoms with E-state index >= 15 is 0 Å². The summed E-state index contributed by atoms with van der Waals surface area (Å²) in [5.74, 6) is -0.522. The molecule has 0 unspecified atom stereocenters. The van der Waals surface area contributed by atoms with Gasteiger partial charge in [0.15, 0.2) is 0 Å². The summed E-state index contributed by atoms with van der Waals surface area (Å²) in [6.07, 6.45) is 2.50. The second-order valence-electron chi connectivity index (χ2n) is 6.16. The monoisotopic (exact) mass is 326 g/mol. The fourth-order valence-corrected chi connectivity index (χ4v) is 3.04. The smallest absolute Gasteiger partial charge is 0.235 e. The van der Waals surface area contributed by atoms with Crippen molar-refractivity contribution in [3.05, 3.63) is 59.9 Å². The average Bonchev–Trinajstić information content (AvgIpc) is 2.49. The Morgan fingerprint density at radius 2 is 1.46 bits per heavy atom. The molecule has 1 aliphatic rings. The predicted octanol–water partition coefficient (Wildman–Crippen LogP) is 3.84. The Hall–Kier alpha value is -2.69. The van der Waals surface area contributed by atoms with Gasteiger partial charge < -0.3 is 10.6 Å². The van der Waals surface area contributed by atoms with Crippen LogP contribution in [-0.4, -0.2) is 11.8 Å². The molecule has 3 rings (SSSR count). The van der Waals surface area contributed by atoms with Crippen LogP contribution in [0.25, 0.3) is 0 Å². The first-order chi connectivity index (χ1) is 11.5. The number of benzene rings is 2. The summed E-state index contributed by atoms with van der Waals surface area (Å²) < 4.78 is 13.1. The zero-order chi connectivity index (χ0) is 17.2. The van der Waals surface area contributed by atoms with Gasteiger partial charge in [-0.3, -0.25) is 9.59 Å². The molecule has 0 aromatic heterocycles. The highest BCUT2D eigenvalue weighted by Gasteiger charge is 2.45. The van der Waals surface area contributed by atoms with E-state index in [0.29, 0.717) is 11.4 Å². The van der Waals surface area contributed by atoms with Crippen LogP contribution in [0.15, 0.2) is 48.5 Å². The Kier molecular flexibility index (Phi) is 4.34. The Morgan fingerprint density at radius 3 is 1.92 bits per heavy atom. The van der Waals surface area contributed by atoms with Gasteiger partial charge in [-0.25, -0.2) is 4.39 Å². The van der Waals surface area contributed by atoms with Crippen LogP contribution in [0.1, 0.15) is 31.7 Å². The molecule has 2 amide bonds. The molecule has 0 aliphatic heterocycles. The number of nitrogens with one attached hydrogen (secondary N) is 2. The van der Waals surface area contributed by atoms with Crippen molar-refractivity contribution < 1.29 is 14.0 Å². The molecule has 4 nitrogen and oxygen atoms in total.